The zero-order chi connectivity index (χ0) is 16.3. The summed E-state index contributed by atoms with van der Waals surface area (Å²) in [6.45, 7) is 5.56. The highest BCUT2D eigenvalue weighted by Crippen LogP contribution is 2.28. The van der Waals surface area contributed by atoms with E-state index in [-0.39, 0.29) is 9.80 Å². The first-order valence-electron chi connectivity index (χ1n) is 6.82. The first-order valence-corrected chi connectivity index (χ1v) is 8.68. The van der Waals surface area contributed by atoms with Crippen molar-refractivity contribution in [3.63, 3.8) is 0 Å². The summed E-state index contributed by atoms with van der Waals surface area (Å²) >= 11 is 5.89. The predicted octanol–water partition coefficient (Wildman–Crippen LogP) is 5.03. The van der Waals surface area contributed by atoms with E-state index < -0.39 is 9.84 Å². The average Bonchev–Trinajstić information content (AvgIpc) is 2.46. The fourth-order valence-electron chi connectivity index (χ4n) is 1.96. The predicted molar refractivity (Wildman–Crippen MR) is 91.6 cm³/mol. The summed E-state index contributed by atoms with van der Waals surface area (Å²) in [5.41, 5.74) is 5.35. The third kappa shape index (κ3) is 3.69. The van der Waals surface area contributed by atoms with Gasteiger partial charge in [-0.15, -0.1) is 5.73 Å². The minimum atomic E-state index is -3.64. The van der Waals surface area contributed by atoms with E-state index in [9.17, 15) is 8.42 Å². The summed E-state index contributed by atoms with van der Waals surface area (Å²) in [5, 5.41) is 0.563. The van der Waals surface area contributed by atoms with Gasteiger partial charge in [-0.05, 0) is 50.6 Å². The molecule has 4 heteroatoms. The lowest BCUT2D eigenvalue weighted by Crippen LogP contribution is -2.04. The number of sulfone groups is 1. The summed E-state index contributed by atoms with van der Waals surface area (Å²) < 4.78 is 25.8. The molecule has 0 aliphatic carbocycles. The second-order valence-electron chi connectivity index (χ2n) is 5.28. The van der Waals surface area contributed by atoms with E-state index in [1.165, 1.54) is 0 Å². The van der Waals surface area contributed by atoms with Gasteiger partial charge >= 0.3 is 0 Å². The minimum absolute atomic E-state index is 0.160. The van der Waals surface area contributed by atoms with E-state index in [4.69, 9.17) is 11.6 Å². The molecule has 2 rings (SSSR count). The molecule has 0 N–H and O–H groups in total. The maximum atomic E-state index is 12.9. The smallest absolute Gasteiger partial charge is 0.214 e. The Balaban J connectivity index is 2.67. The molecule has 0 fully saturated rings. The normalized spacial score (nSPS) is 10.9. The third-order valence-electron chi connectivity index (χ3n) is 3.07. The largest absolute Gasteiger partial charge is 0.218 e. The van der Waals surface area contributed by atoms with Crippen molar-refractivity contribution in [3.05, 3.63) is 76.0 Å². The first-order chi connectivity index (χ1) is 10.3. The highest BCUT2D eigenvalue weighted by Gasteiger charge is 2.22. The number of halogens is 1. The van der Waals surface area contributed by atoms with Gasteiger partial charge in [-0.3, -0.25) is 0 Å². The van der Waals surface area contributed by atoms with Crippen molar-refractivity contribution in [2.45, 2.75) is 25.7 Å². The van der Waals surface area contributed by atoms with Crippen molar-refractivity contribution in [2.24, 2.45) is 0 Å². The molecule has 114 valence electrons. The molecule has 2 nitrogen and oxygen atoms in total. The number of hydrogen-bond donors (Lipinski definition) is 0. The fraction of sp³-hybridized carbons (Fsp3) is 0.167. The lowest BCUT2D eigenvalue weighted by Gasteiger charge is -2.08. The maximum Gasteiger partial charge on any atom is 0.214 e. The molecule has 22 heavy (non-hydrogen) atoms. The van der Waals surface area contributed by atoms with Gasteiger partial charge in [-0.25, -0.2) is 8.42 Å². The molecule has 0 aliphatic heterocycles. The van der Waals surface area contributed by atoms with Crippen molar-refractivity contribution in [1.29, 1.82) is 0 Å². The third-order valence-corrected chi connectivity index (χ3v) is 5.09. The molecule has 0 amide bonds. The summed E-state index contributed by atoms with van der Waals surface area (Å²) in [4.78, 5) is 0.421. The van der Waals surface area contributed by atoms with Crippen LogP contribution in [0.3, 0.4) is 0 Å². The molecule has 0 unspecified atom stereocenters. The molecular formula is C18H17ClO2S. The van der Waals surface area contributed by atoms with E-state index in [2.05, 4.69) is 5.73 Å². The van der Waals surface area contributed by atoms with Gasteiger partial charge in [0.2, 0.25) is 9.84 Å². The van der Waals surface area contributed by atoms with E-state index in [0.29, 0.717) is 10.6 Å². The molecule has 0 aromatic heterocycles. The molecular weight excluding hydrogens is 316 g/mol. The zero-order valence-corrected chi connectivity index (χ0v) is 14.3. The average molecular weight is 333 g/mol. The van der Waals surface area contributed by atoms with Crippen LogP contribution in [0.5, 0.6) is 0 Å². The standard InChI is InChI=1S/C18H17ClO2S/c1-13(2)12-18(15-6-8-16(19)9-7-15)22(20,21)17-10-4-14(3)5-11-17/h4-11H,1-3H3. The van der Waals surface area contributed by atoms with Crippen LogP contribution in [-0.4, -0.2) is 8.42 Å². The Bertz CT molecular complexity index is 835. The number of allylic oxidation sites excluding steroid dienone is 1. The van der Waals surface area contributed by atoms with Crippen LogP contribution < -0.4 is 0 Å². The van der Waals surface area contributed by atoms with Crippen molar-refractivity contribution in [1.82, 2.24) is 0 Å². The van der Waals surface area contributed by atoms with E-state index >= 15 is 0 Å². The van der Waals surface area contributed by atoms with Crippen molar-refractivity contribution < 1.29 is 8.42 Å². The van der Waals surface area contributed by atoms with Crippen molar-refractivity contribution >= 4 is 26.3 Å². The van der Waals surface area contributed by atoms with E-state index in [1.54, 1.807) is 48.5 Å². The molecule has 0 radical (unpaired) electrons. The molecule has 0 atom stereocenters. The SMILES string of the molecule is CC(C)=C=C(c1ccc(Cl)cc1)S(=O)(=O)c1ccc(C)cc1. The van der Waals surface area contributed by atoms with Gasteiger partial charge in [-0.2, -0.15) is 0 Å². The van der Waals surface area contributed by atoms with Gasteiger partial charge in [0, 0.05) is 10.6 Å². The monoisotopic (exact) mass is 332 g/mol. The van der Waals surface area contributed by atoms with E-state index in [0.717, 1.165) is 11.1 Å². The van der Waals surface area contributed by atoms with Crippen LogP contribution >= 0.6 is 11.6 Å². The van der Waals surface area contributed by atoms with Crippen LogP contribution in [0.2, 0.25) is 5.02 Å². The van der Waals surface area contributed by atoms with Crippen molar-refractivity contribution in [2.75, 3.05) is 0 Å². The Morgan fingerprint density at radius 1 is 0.955 bits per heavy atom. The molecule has 0 bridgehead atoms. The fourth-order valence-corrected chi connectivity index (χ4v) is 3.60. The summed E-state index contributed by atoms with van der Waals surface area (Å²) in [7, 11) is -3.64. The Morgan fingerprint density at radius 2 is 1.50 bits per heavy atom. The Labute approximate surface area is 136 Å². The zero-order valence-electron chi connectivity index (χ0n) is 12.7. The van der Waals surface area contributed by atoms with Gasteiger partial charge in [0.15, 0.2) is 0 Å². The van der Waals surface area contributed by atoms with Gasteiger partial charge < -0.3 is 0 Å². The molecule has 0 spiro atoms. The number of rotatable bonds is 3. The number of aryl methyl sites for hydroxylation is 1. The van der Waals surface area contributed by atoms with E-state index in [1.807, 2.05) is 20.8 Å². The second kappa shape index (κ2) is 6.53. The molecule has 0 saturated carbocycles. The van der Waals surface area contributed by atoms with Gasteiger partial charge in [0.05, 0.1) is 4.90 Å². The number of hydrogen-bond acceptors (Lipinski definition) is 2. The Hall–Kier alpha value is -1.80. The highest BCUT2D eigenvalue weighted by atomic mass is 35.5. The van der Waals surface area contributed by atoms with Crippen LogP contribution in [0.25, 0.3) is 4.91 Å². The van der Waals surface area contributed by atoms with Crippen LogP contribution in [0, 0.1) is 6.92 Å². The lowest BCUT2D eigenvalue weighted by atomic mass is 10.2. The Morgan fingerprint density at radius 3 is 2.00 bits per heavy atom. The summed E-state index contributed by atoms with van der Waals surface area (Å²) in [6, 6.07) is 13.5. The van der Waals surface area contributed by atoms with Crippen LogP contribution in [0.15, 0.2) is 64.7 Å². The lowest BCUT2D eigenvalue weighted by molar-refractivity contribution is 0.606. The minimum Gasteiger partial charge on any atom is -0.218 e. The Kier molecular flexibility index (Phi) is 4.92. The molecule has 2 aromatic rings. The van der Waals surface area contributed by atoms with Crippen LogP contribution in [-0.2, 0) is 9.84 Å². The van der Waals surface area contributed by atoms with Gasteiger partial charge in [0.25, 0.3) is 0 Å². The second-order valence-corrected chi connectivity index (χ2v) is 7.60. The summed E-state index contributed by atoms with van der Waals surface area (Å²) in [5.74, 6) is 0. The summed E-state index contributed by atoms with van der Waals surface area (Å²) in [6.07, 6.45) is 0. The highest BCUT2D eigenvalue weighted by molar-refractivity contribution is 8.00. The van der Waals surface area contributed by atoms with Crippen LogP contribution in [0.1, 0.15) is 25.0 Å². The maximum absolute atomic E-state index is 12.9. The first kappa shape index (κ1) is 16.6. The molecule has 0 heterocycles. The number of benzene rings is 2. The van der Waals surface area contributed by atoms with Crippen LogP contribution in [0.4, 0.5) is 0 Å². The van der Waals surface area contributed by atoms with Gasteiger partial charge in [-0.1, -0.05) is 41.4 Å². The van der Waals surface area contributed by atoms with Crippen molar-refractivity contribution in [3.8, 4) is 0 Å². The molecule has 0 aliphatic rings. The molecule has 2 aromatic carbocycles. The van der Waals surface area contributed by atoms with Gasteiger partial charge in [0.1, 0.15) is 4.91 Å². The topological polar surface area (TPSA) is 34.1 Å². The quantitative estimate of drug-likeness (QED) is 0.739. The molecule has 0 saturated heterocycles.